The number of halogens is 2. The van der Waals surface area contributed by atoms with Gasteiger partial charge in [0, 0.05) is 6.92 Å². The van der Waals surface area contributed by atoms with E-state index in [1.54, 1.807) is 19.9 Å². The Hall–Kier alpha value is -0.730. The van der Waals surface area contributed by atoms with Crippen molar-refractivity contribution in [2.24, 2.45) is 4.99 Å². The molecule has 0 fully saturated rings. The topological polar surface area (TPSA) is 12.4 Å². The average molecular weight is 161 g/mol. The number of hydrogen-bond donors (Lipinski definition) is 0. The minimum Gasteiger partial charge on any atom is -0.284 e. The summed E-state index contributed by atoms with van der Waals surface area (Å²) in [6.45, 7) is 4.19. The molecule has 0 aliphatic heterocycles. The van der Waals surface area contributed by atoms with Crippen LogP contribution in [0.1, 0.15) is 20.8 Å². The van der Waals surface area contributed by atoms with Gasteiger partial charge >= 0.3 is 0 Å². The third-order valence-electron chi connectivity index (χ3n) is 1.20. The van der Waals surface area contributed by atoms with Crippen molar-refractivity contribution in [1.82, 2.24) is 0 Å². The Bertz CT molecular complexity index is 144. The van der Waals surface area contributed by atoms with Crippen molar-refractivity contribution < 1.29 is 8.78 Å². The molecule has 0 aromatic carbocycles. The Morgan fingerprint density at radius 1 is 1.36 bits per heavy atom. The summed E-state index contributed by atoms with van der Waals surface area (Å²) in [7, 11) is 0. The summed E-state index contributed by atoms with van der Waals surface area (Å²) in [6.07, 6.45) is 4.36. The Balaban J connectivity index is 4.34. The van der Waals surface area contributed by atoms with Crippen molar-refractivity contribution in [2.75, 3.05) is 0 Å². The van der Waals surface area contributed by atoms with Gasteiger partial charge in [0.05, 0.1) is 0 Å². The molecule has 0 heterocycles. The van der Waals surface area contributed by atoms with E-state index in [2.05, 4.69) is 4.99 Å². The van der Waals surface area contributed by atoms with Gasteiger partial charge in [-0.3, -0.25) is 4.99 Å². The first kappa shape index (κ1) is 10.3. The van der Waals surface area contributed by atoms with Gasteiger partial charge in [-0.05, 0) is 20.1 Å². The van der Waals surface area contributed by atoms with Crippen LogP contribution in [-0.2, 0) is 0 Å². The highest BCUT2D eigenvalue weighted by Gasteiger charge is 2.30. The quantitative estimate of drug-likeness (QED) is 0.445. The SMILES string of the molecule is C/C=C\C(/N=C/C)C(C)(F)F. The maximum absolute atomic E-state index is 12.6. The molecule has 0 aromatic rings. The summed E-state index contributed by atoms with van der Waals surface area (Å²) in [6, 6.07) is -1.02. The molecule has 0 aliphatic rings. The smallest absolute Gasteiger partial charge is 0.270 e. The van der Waals surface area contributed by atoms with Crippen molar-refractivity contribution in [3.63, 3.8) is 0 Å². The Morgan fingerprint density at radius 3 is 2.18 bits per heavy atom. The van der Waals surface area contributed by atoms with Crippen LogP contribution in [0.3, 0.4) is 0 Å². The van der Waals surface area contributed by atoms with Crippen LogP contribution < -0.4 is 0 Å². The molecule has 11 heavy (non-hydrogen) atoms. The van der Waals surface area contributed by atoms with E-state index in [0.29, 0.717) is 0 Å². The third kappa shape index (κ3) is 3.86. The van der Waals surface area contributed by atoms with Crippen LogP contribution in [0.25, 0.3) is 0 Å². The lowest BCUT2D eigenvalue weighted by atomic mass is 10.1. The molecule has 1 atom stereocenters. The van der Waals surface area contributed by atoms with E-state index in [4.69, 9.17) is 0 Å². The maximum Gasteiger partial charge on any atom is 0.270 e. The highest BCUT2D eigenvalue weighted by Crippen LogP contribution is 2.20. The molecular weight excluding hydrogens is 148 g/mol. The monoisotopic (exact) mass is 161 g/mol. The van der Waals surface area contributed by atoms with Crippen molar-refractivity contribution in [1.29, 1.82) is 0 Å². The minimum absolute atomic E-state index is 0.866. The van der Waals surface area contributed by atoms with Crippen LogP contribution in [-0.4, -0.2) is 18.2 Å². The number of allylic oxidation sites excluding steroid dienone is 1. The highest BCUT2D eigenvalue weighted by atomic mass is 19.3. The molecule has 0 rings (SSSR count). The van der Waals surface area contributed by atoms with Gasteiger partial charge in [-0.1, -0.05) is 12.2 Å². The predicted molar refractivity (Wildman–Crippen MR) is 43.4 cm³/mol. The number of hydrogen-bond acceptors (Lipinski definition) is 1. The summed E-state index contributed by atoms with van der Waals surface area (Å²) < 4.78 is 25.2. The molecule has 1 unspecified atom stereocenters. The summed E-state index contributed by atoms with van der Waals surface area (Å²) in [5.41, 5.74) is 0. The maximum atomic E-state index is 12.6. The van der Waals surface area contributed by atoms with Crippen LogP contribution in [0.2, 0.25) is 0 Å². The first-order chi connectivity index (χ1) is 5.02. The van der Waals surface area contributed by atoms with E-state index < -0.39 is 12.0 Å². The zero-order valence-corrected chi connectivity index (χ0v) is 7.01. The van der Waals surface area contributed by atoms with E-state index in [-0.39, 0.29) is 0 Å². The molecular formula is C8H13F2N. The first-order valence-electron chi connectivity index (χ1n) is 3.50. The lowest BCUT2D eigenvalue weighted by Crippen LogP contribution is -2.26. The molecule has 3 heteroatoms. The third-order valence-corrected chi connectivity index (χ3v) is 1.20. The number of aliphatic imine (C=N–C) groups is 1. The normalized spacial score (nSPS) is 16.5. The van der Waals surface area contributed by atoms with Crippen LogP contribution in [0.15, 0.2) is 17.1 Å². The minimum atomic E-state index is -2.76. The molecule has 0 radical (unpaired) electrons. The van der Waals surface area contributed by atoms with E-state index in [0.717, 1.165) is 6.92 Å². The second-order valence-corrected chi connectivity index (χ2v) is 2.33. The van der Waals surface area contributed by atoms with Crippen molar-refractivity contribution in [2.45, 2.75) is 32.7 Å². The van der Waals surface area contributed by atoms with E-state index >= 15 is 0 Å². The van der Waals surface area contributed by atoms with Gasteiger partial charge in [-0.15, -0.1) is 0 Å². The molecule has 0 aliphatic carbocycles. The zero-order valence-electron chi connectivity index (χ0n) is 7.01. The molecule has 0 spiro atoms. The molecule has 0 saturated heterocycles. The molecule has 0 N–H and O–H groups in total. The molecule has 64 valence electrons. The Kier molecular flexibility index (Phi) is 3.93. The number of alkyl halides is 2. The summed E-state index contributed by atoms with van der Waals surface area (Å²) >= 11 is 0. The Labute approximate surface area is 65.8 Å². The summed E-state index contributed by atoms with van der Waals surface area (Å²) in [4.78, 5) is 3.62. The lowest BCUT2D eigenvalue weighted by molar-refractivity contribution is 0.0101. The fourth-order valence-electron chi connectivity index (χ4n) is 0.692. The second-order valence-electron chi connectivity index (χ2n) is 2.33. The molecule has 0 amide bonds. The summed E-state index contributed by atoms with van der Waals surface area (Å²) in [5, 5.41) is 0. The van der Waals surface area contributed by atoms with E-state index in [1.165, 1.54) is 12.3 Å². The van der Waals surface area contributed by atoms with E-state index in [1.807, 2.05) is 0 Å². The largest absolute Gasteiger partial charge is 0.284 e. The van der Waals surface area contributed by atoms with Gasteiger partial charge in [-0.2, -0.15) is 0 Å². The van der Waals surface area contributed by atoms with Gasteiger partial charge in [0.15, 0.2) is 0 Å². The van der Waals surface area contributed by atoms with Crippen molar-refractivity contribution in [3.8, 4) is 0 Å². The van der Waals surface area contributed by atoms with Gasteiger partial charge in [0.1, 0.15) is 6.04 Å². The van der Waals surface area contributed by atoms with Crippen LogP contribution in [0.5, 0.6) is 0 Å². The number of rotatable bonds is 3. The standard InChI is InChI=1S/C8H13F2N/c1-4-6-7(11-5-2)8(3,9)10/h4-7H,1-3H3/b6-4-,11-5+. The highest BCUT2D eigenvalue weighted by molar-refractivity contribution is 5.54. The Morgan fingerprint density at radius 2 is 1.91 bits per heavy atom. The predicted octanol–water partition coefficient (Wildman–Crippen LogP) is 2.68. The fourth-order valence-corrected chi connectivity index (χ4v) is 0.692. The lowest BCUT2D eigenvalue weighted by Gasteiger charge is -2.15. The molecule has 0 bridgehead atoms. The first-order valence-corrected chi connectivity index (χ1v) is 3.50. The van der Waals surface area contributed by atoms with Gasteiger partial charge in [0.2, 0.25) is 0 Å². The number of nitrogens with zero attached hydrogens (tertiary/aromatic N) is 1. The van der Waals surface area contributed by atoms with Gasteiger partial charge in [-0.25, -0.2) is 8.78 Å². The van der Waals surface area contributed by atoms with Gasteiger partial charge in [0.25, 0.3) is 5.92 Å². The van der Waals surface area contributed by atoms with Crippen LogP contribution in [0.4, 0.5) is 8.78 Å². The van der Waals surface area contributed by atoms with Crippen LogP contribution in [0, 0.1) is 0 Å². The fraction of sp³-hybridized carbons (Fsp3) is 0.625. The second kappa shape index (κ2) is 4.21. The van der Waals surface area contributed by atoms with Crippen molar-refractivity contribution in [3.05, 3.63) is 12.2 Å². The van der Waals surface area contributed by atoms with Crippen LogP contribution >= 0.6 is 0 Å². The van der Waals surface area contributed by atoms with Crippen molar-refractivity contribution >= 4 is 6.21 Å². The zero-order chi connectivity index (χ0) is 8.91. The average Bonchev–Trinajstić information content (AvgIpc) is 1.85. The summed E-state index contributed by atoms with van der Waals surface area (Å²) in [5.74, 6) is -2.76. The molecule has 1 nitrogen and oxygen atoms in total. The van der Waals surface area contributed by atoms with E-state index in [9.17, 15) is 8.78 Å². The van der Waals surface area contributed by atoms with Gasteiger partial charge < -0.3 is 0 Å². The molecule has 0 saturated carbocycles. The molecule has 0 aromatic heterocycles.